The Labute approximate surface area is 192 Å². The molecule has 0 bridgehead atoms. The lowest BCUT2D eigenvalue weighted by atomic mass is 9.87. The second-order valence-corrected chi connectivity index (χ2v) is 8.67. The van der Waals surface area contributed by atoms with E-state index in [-0.39, 0.29) is 30.4 Å². The molecule has 0 radical (unpaired) electrons. The zero-order chi connectivity index (χ0) is 24.3. The third kappa shape index (κ3) is 5.11. The highest BCUT2D eigenvalue weighted by Crippen LogP contribution is 2.36. The largest absolute Gasteiger partial charge is 0.319 e. The fraction of sp³-hybridized carbons (Fsp3) is 0.400. The van der Waals surface area contributed by atoms with Gasteiger partial charge in [0, 0.05) is 24.4 Å². The number of likely N-dealkylation sites (N-methyl/N-ethyl adjacent to an activating group) is 1. The molecule has 0 spiro atoms. The number of carbonyl (C=O) groups excluding carboxylic acids is 3. The Bertz CT molecular complexity index is 1040. The molecule has 1 aliphatic heterocycles. The molecule has 2 aromatic rings. The first-order chi connectivity index (χ1) is 15.6. The summed E-state index contributed by atoms with van der Waals surface area (Å²) in [6.07, 6.45) is 0.225. The minimum atomic E-state index is -0.994. The third-order valence-electron chi connectivity index (χ3n) is 6.19. The molecule has 0 aliphatic carbocycles. The van der Waals surface area contributed by atoms with Crippen molar-refractivity contribution in [3.05, 3.63) is 59.7 Å². The first kappa shape index (κ1) is 24.5. The first-order valence-electron chi connectivity index (χ1n) is 11.0. The number of rotatable bonds is 8. The Morgan fingerprint density at radius 2 is 1.67 bits per heavy atom. The fourth-order valence-corrected chi connectivity index (χ4v) is 4.03. The van der Waals surface area contributed by atoms with Gasteiger partial charge in [-0.05, 0) is 43.7 Å². The van der Waals surface area contributed by atoms with E-state index in [1.54, 1.807) is 32.2 Å². The van der Waals surface area contributed by atoms with Gasteiger partial charge in [-0.15, -0.1) is 0 Å². The lowest BCUT2D eigenvalue weighted by Gasteiger charge is -2.31. The highest BCUT2D eigenvalue weighted by atomic mass is 19.1. The topological polar surface area (TPSA) is 78.5 Å². The van der Waals surface area contributed by atoms with Crippen molar-refractivity contribution in [2.45, 2.75) is 45.7 Å². The summed E-state index contributed by atoms with van der Waals surface area (Å²) in [6.45, 7) is 5.44. The van der Waals surface area contributed by atoms with Crippen LogP contribution in [-0.4, -0.2) is 36.7 Å². The summed E-state index contributed by atoms with van der Waals surface area (Å²) in [5.41, 5.74) is 0.790. The molecule has 0 saturated carbocycles. The number of nitrogens with zero attached hydrogens (tertiary/aromatic N) is 1. The number of ketones is 1. The lowest BCUT2D eigenvalue weighted by molar-refractivity contribution is -0.130. The number of amides is 2. The number of benzene rings is 2. The van der Waals surface area contributed by atoms with E-state index in [2.05, 4.69) is 10.6 Å². The van der Waals surface area contributed by atoms with Gasteiger partial charge >= 0.3 is 0 Å². The van der Waals surface area contributed by atoms with Crippen molar-refractivity contribution in [1.82, 2.24) is 5.32 Å². The van der Waals surface area contributed by atoms with Crippen LogP contribution in [0.4, 0.5) is 20.2 Å². The molecule has 2 aromatic carbocycles. The van der Waals surface area contributed by atoms with Crippen LogP contribution in [0.25, 0.3) is 0 Å². The molecule has 33 heavy (non-hydrogen) atoms. The molecule has 8 heteroatoms. The average Bonchev–Trinajstić information content (AvgIpc) is 3.18. The van der Waals surface area contributed by atoms with Crippen molar-refractivity contribution in [1.29, 1.82) is 0 Å². The highest BCUT2D eigenvalue weighted by Gasteiger charge is 2.42. The van der Waals surface area contributed by atoms with Crippen molar-refractivity contribution in [3.63, 3.8) is 0 Å². The van der Waals surface area contributed by atoms with Gasteiger partial charge < -0.3 is 10.6 Å². The quantitative estimate of drug-likeness (QED) is 0.634. The number of hydrogen-bond acceptors (Lipinski definition) is 4. The van der Waals surface area contributed by atoms with E-state index >= 15 is 0 Å². The van der Waals surface area contributed by atoms with Gasteiger partial charge in [-0.3, -0.25) is 19.3 Å². The molecule has 3 rings (SSSR count). The molecule has 0 aromatic heterocycles. The minimum absolute atomic E-state index is 0.0213. The van der Waals surface area contributed by atoms with Crippen LogP contribution < -0.4 is 15.5 Å². The van der Waals surface area contributed by atoms with Crippen LogP contribution >= 0.6 is 0 Å². The van der Waals surface area contributed by atoms with Gasteiger partial charge in [-0.2, -0.15) is 0 Å². The number of carbonyl (C=O) groups is 3. The molecule has 0 fully saturated rings. The molecular formula is C25H29F2N3O3. The summed E-state index contributed by atoms with van der Waals surface area (Å²) in [4.78, 5) is 40.8. The number of Topliss-reactive ketones (excluding diaryl/α,β-unsaturated/α-hetero) is 1. The van der Waals surface area contributed by atoms with E-state index in [1.807, 2.05) is 19.9 Å². The van der Waals surface area contributed by atoms with E-state index in [9.17, 15) is 23.2 Å². The number of fused-ring (bicyclic) bond motifs is 1. The van der Waals surface area contributed by atoms with E-state index in [4.69, 9.17) is 0 Å². The number of halogens is 2. The molecule has 3 atom stereocenters. The predicted octanol–water partition coefficient (Wildman–Crippen LogP) is 3.70. The Hall–Kier alpha value is -3.13. The van der Waals surface area contributed by atoms with Gasteiger partial charge in [0.05, 0.1) is 6.04 Å². The zero-order valence-corrected chi connectivity index (χ0v) is 19.2. The van der Waals surface area contributed by atoms with E-state index in [0.29, 0.717) is 5.69 Å². The van der Waals surface area contributed by atoms with Crippen molar-refractivity contribution >= 4 is 29.0 Å². The second kappa shape index (κ2) is 10.2. The summed E-state index contributed by atoms with van der Waals surface area (Å²) >= 11 is 0. The highest BCUT2D eigenvalue weighted by molar-refractivity contribution is 6.08. The molecule has 0 unspecified atom stereocenters. The van der Waals surface area contributed by atoms with Gasteiger partial charge in [0.2, 0.25) is 11.8 Å². The van der Waals surface area contributed by atoms with Crippen molar-refractivity contribution in [2.24, 2.45) is 11.8 Å². The second-order valence-electron chi connectivity index (χ2n) is 8.67. The maximum Gasteiger partial charge on any atom is 0.248 e. The third-order valence-corrected chi connectivity index (χ3v) is 6.19. The van der Waals surface area contributed by atoms with Crippen molar-refractivity contribution < 1.29 is 23.2 Å². The van der Waals surface area contributed by atoms with Gasteiger partial charge in [-0.25, -0.2) is 8.78 Å². The minimum Gasteiger partial charge on any atom is -0.319 e. The van der Waals surface area contributed by atoms with Crippen molar-refractivity contribution in [3.8, 4) is 0 Å². The number of hydrogen-bond donors (Lipinski definition) is 2. The summed E-state index contributed by atoms with van der Waals surface area (Å²) in [5, 5.41) is 5.21. The predicted molar refractivity (Wildman–Crippen MR) is 123 cm³/mol. The number of nitrogens with one attached hydrogen (secondary N) is 2. The van der Waals surface area contributed by atoms with Crippen LogP contribution in [0.5, 0.6) is 0 Å². The van der Waals surface area contributed by atoms with Crippen LogP contribution in [0.15, 0.2) is 42.5 Å². The Balaban J connectivity index is 1.94. The van der Waals surface area contributed by atoms with Crippen LogP contribution in [0.3, 0.4) is 0 Å². The van der Waals surface area contributed by atoms with Crippen LogP contribution in [0, 0.1) is 23.5 Å². The Morgan fingerprint density at radius 3 is 2.27 bits per heavy atom. The van der Waals surface area contributed by atoms with Gasteiger partial charge in [0.1, 0.15) is 29.1 Å². The van der Waals surface area contributed by atoms with Gasteiger partial charge in [-0.1, -0.05) is 38.1 Å². The summed E-state index contributed by atoms with van der Waals surface area (Å²) in [6, 6.07) is 9.01. The van der Waals surface area contributed by atoms with E-state index in [0.717, 1.165) is 17.7 Å². The summed E-state index contributed by atoms with van der Waals surface area (Å²) in [5.74, 6) is -3.77. The fourth-order valence-electron chi connectivity index (χ4n) is 4.03. The smallest absolute Gasteiger partial charge is 0.248 e. The Morgan fingerprint density at radius 1 is 1.03 bits per heavy atom. The molecule has 176 valence electrons. The van der Waals surface area contributed by atoms with Crippen LogP contribution in [0.2, 0.25) is 0 Å². The molecule has 1 heterocycles. The zero-order valence-electron chi connectivity index (χ0n) is 19.2. The number of para-hydroxylation sites is 2. The Kier molecular flexibility index (Phi) is 7.58. The van der Waals surface area contributed by atoms with E-state index in [1.165, 1.54) is 11.0 Å². The standard InChI is InChI=1S/C25H29F2N3O3/c1-14(2)17(13-22(31)15(3)28-4)25(33)30-20-11-6-5-8-16(20)12-21(30)24(32)29-23-18(26)9-7-10-19(23)27/h5-11,14-15,17,21,28H,12-13H2,1-4H3,(H,29,32)/t15-,17-,21-/m0/s1. The monoisotopic (exact) mass is 457 g/mol. The maximum absolute atomic E-state index is 14.1. The SMILES string of the molecule is CN[C@@H](C)C(=O)C[C@H](C(=O)N1c2ccccc2C[C@H]1C(=O)Nc1c(F)cccc1F)C(C)C. The van der Waals surface area contributed by atoms with Gasteiger partial charge in [0.25, 0.3) is 0 Å². The summed E-state index contributed by atoms with van der Waals surface area (Å²) in [7, 11) is 1.67. The number of anilines is 2. The molecular weight excluding hydrogens is 428 g/mol. The first-order valence-corrected chi connectivity index (χ1v) is 11.0. The van der Waals surface area contributed by atoms with Gasteiger partial charge in [0.15, 0.2) is 0 Å². The normalized spacial score (nSPS) is 16.9. The summed E-state index contributed by atoms with van der Waals surface area (Å²) < 4.78 is 28.2. The van der Waals surface area contributed by atoms with Crippen LogP contribution in [-0.2, 0) is 20.8 Å². The lowest BCUT2D eigenvalue weighted by Crippen LogP contribution is -2.49. The molecule has 0 saturated heterocycles. The van der Waals surface area contributed by atoms with E-state index < -0.39 is 41.2 Å². The molecule has 2 N–H and O–H groups in total. The van der Waals surface area contributed by atoms with Crippen LogP contribution in [0.1, 0.15) is 32.8 Å². The maximum atomic E-state index is 14.1. The molecule has 2 amide bonds. The average molecular weight is 458 g/mol. The molecule has 1 aliphatic rings. The molecule has 6 nitrogen and oxygen atoms in total. The van der Waals surface area contributed by atoms with Crippen molar-refractivity contribution in [2.75, 3.05) is 17.3 Å².